The lowest BCUT2D eigenvalue weighted by molar-refractivity contribution is -0.137. The van der Waals surface area contributed by atoms with Gasteiger partial charge in [-0.1, -0.05) is 0 Å². The number of aliphatic hydroxyl groups is 1. The summed E-state index contributed by atoms with van der Waals surface area (Å²) in [6, 6.07) is 0.0528. The van der Waals surface area contributed by atoms with E-state index in [0.29, 0.717) is 31.6 Å². The Kier molecular flexibility index (Phi) is 4.59. The molecule has 0 aromatic rings. The molecule has 0 spiro atoms. The van der Waals surface area contributed by atoms with E-state index in [4.69, 9.17) is 15.6 Å². The van der Waals surface area contributed by atoms with Gasteiger partial charge >= 0.3 is 0 Å². The van der Waals surface area contributed by atoms with Crippen molar-refractivity contribution in [2.24, 2.45) is 23.5 Å². The molecule has 0 aromatic carbocycles. The van der Waals surface area contributed by atoms with Crippen molar-refractivity contribution in [3.8, 4) is 0 Å². The van der Waals surface area contributed by atoms with Crippen LogP contribution in [0, 0.1) is 17.8 Å². The van der Waals surface area contributed by atoms with Gasteiger partial charge in [-0.25, -0.2) is 0 Å². The maximum atomic E-state index is 12.4. The molecule has 2 bridgehead atoms. The average molecular weight is 256 g/mol. The maximum absolute atomic E-state index is 12.4. The quantitative estimate of drug-likeness (QED) is 0.647. The summed E-state index contributed by atoms with van der Waals surface area (Å²) in [4.78, 5) is 14.1. The first-order valence-corrected chi connectivity index (χ1v) is 6.84. The number of fused-ring (bicyclic) bond motifs is 2. The van der Waals surface area contributed by atoms with E-state index in [1.165, 1.54) is 6.42 Å². The van der Waals surface area contributed by atoms with E-state index in [1.807, 2.05) is 7.05 Å². The molecule has 3 N–H and O–H groups in total. The van der Waals surface area contributed by atoms with Gasteiger partial charge in [-0.05, 0) is 31.1 Å². The van der Waals surface area contributed by atoms with E-state index in [2.05, 4.69) is 0 Å². The van der Waals surface area contributed by atoms with E-state index >= 15 is 0 Å². The van der Waals surface area contributed by atoms with E-state index < -0.39 is 0 Å². The number of nitrogens with zero attached hydrogens (tertiary/aromatic N) is 1. The Balaban J connectivity index is 1.80. The highest BCUT2D eigenvalue weighted by Crippen LogP contribution is 2.48. The van der Waals surface area contributed by atoms with Gasteiger partial charge in [-0.15, -0.1) is 0 Å². The van der Waals surface area contributed by atoms with Crippen LogP contribution in [-0.2, 0) is 9.53 Å². The van der Waals surface area contributed by atoms with Gasteiger partial charge in [0.05, 0.1) is 25.7 Å². The van der Waals surface area contributed by atoms with Crippen LogP contribution in [0.4, 0.5) is 0 Å². The maximum Gasteiger partial charge on any atom is 0.227 e. The first kappa shape index (κ1) is 13.8. The number of hydrogen-bond donors (Lipinski definition) is 2. The van der Waals surface area contributed by atoms with Gasteiger partial charge < -0.3 is 20.5 Å². The van der Waals surface area contributed by atoms with E-state index in [9.17, 15) is 4.79 Å². The zero-order valence-corrected chi connectivity index (χ0v) is 11.0. The summed E-state index contributed by atoms with van der Waals surface area (Å²) < 4.78 is 5.18. The molecule has 0 saturated heterocycles. The van der Waals surface area contributed by atoms with Crippen molar-refractivity contribution in [2.45, 2.75) is 25.3 Å². The van der Waals surface area contributed by atoms with Gasteiger partial charge in [0.15, 0.2) is 0 Å². The van der Waals surface area contributed by atoms with E-state index in [1.54, 1.807) is 4.90 Å². The minimum absolute atomic E-state index is 0.0200. The van der Waals surface area contributed by atoms with Crippen LogP contribution >= 0.6 is 0 Å². The minimum Gasteiger partial charge on any atom is -0.394 e. The highest BCUT2D eigenvalue weighted by atomic mass is 16.5. The normalized spacial score (nSPS) is 33.9. The standard InChI is InChI=1S/C13H24N2O3/c1-15(4-6-18-7-5-16)13(17)11-9-2-3-10(8-9)12(11)14/h9-12,16H,2-8,14H2,1H3. The predicted octanol–water partition coefficient (Wildman–Crippen LogP) is -0.173. The fourth-order valence-electron chi connectivity index (χ4n) is 3.43. The molecule has 2 saturated carbocycles. The van der Waals surface area contributed by atoms with Crippen molar-refractivity contribution in [3.05, 3.63) is 0 Å². The second-order valence-corrected chi connectivity index (χ2v) is 5.53. The average Bonchev–Trinajstić information content (AvgIpc) is 2.94. The molecule has 5 nitrogen and oxygen atoms in total. The van der Waals surface area contributed by atoms with Gasteiger partial charge in [0, 0.05) is 19.6 Å². The number of amides is 1. The fraction of sp³-hybridized carbons (Fsp3) is 0.923. The van der Waals surface area contributed by atoms with Crippen molar-refractivity contribution >= 4 is 5.91 Å². The Bertz CT molecular complexity index is 296. The van der Waals surface area contributed by atoms with Crippen LogP contribution in [0.5, 0.6) is 0 Å². The largest absolute Gasteiger partial charge is 0.394 e. The molecular formula is C13H24N2O3. The van der Waals surface area contributed by atoms with E-state index in [-0.39, 0.29) is 24.5 Å². The summed E-state index contributed by atoms with van der Waals surface area (Å²) in [6.45, 7) is 1.39. The molecule has 2 aliphatic rings. The number of aliphatic hydroxyl groups excluding tert-OH is 1. The molecule has 0 aromatic heterocycles. The van der Waals surface area contributed by atoms with Crippen LogP contribution in [0.1, 0.15) is 19.3 Å². The monoisotopic (exact) mass is 256 g/mol. The molecule has 1 amide bonds. The number of nitrogens with two attached hydrogens (primary N) is 1. The summed E-state index contributed by atoms with van der Waals surface area (Å²) in [6.07, 6.45) is 3.48. The van der Waals surface area contributed by atoms with Crippen LogP contribution in [0.15, 0.2) is 0 Å². The summed E-state index contributed by atoms with van der Waals surface area (Å²) in [5, 5.41) is 8.60. The zero-order chi connectivity index (χ0) is 13.1. The second-order valence-electron chi connectivity index (χ2n) is 5.53. The molecule has 2 fully saturated rings. The third kappa shape index (κ3) is 2.68. The number of hydrogen-bond acceptors (Lipinski definition) is 4. The van der Waals surface area contributed by atoms with Crippen molar-refractivity contribution in [1.29, 1.82) is 0 Å². The van der Waals surface area contributed by atoms with Gasteiger partial charge in [0.25, 0.3) is 0 Å². The number of likely N-dealkylation sites (N-methyl/N-ethyl adjacent to an activating group) is 1. The molecule has 0 aliphatic heterocycles. The van der Waals surface area contributed by atoms with Crippen molar-refractivity contribution < 1.29 is 14.6 Å². The van der Waals surface area contributed by atoms with E-state index in [0.717, 1.165) is 12.8 Å². The molecule has 4 atom stereocenters. The minimum atomic E-state index is 0.0200. The summed E-state index contributed by atoms with van der Waals surface area (Å²) >= 11 is 0. The summed E-state index contributed by atoms with van der Waals surface area (Å²) in [5.41, 5.74) is 6.17. The second kappa shape index (κ2) is 5.99. The Morgan fingerprint density at radius 1 is 1.39 bits per heavy atom. The lowest BCUT2D eigenvalue weighted by Gasteiger charge is -2.30. The van der Waals surface area contributed by atoms with Crippen molar-refractivity contribution in [2.75, 3.05) is 33.4 Å². The molecule has 2 aliphatic carbocycles. The molecule has 18 heavy (non-hydrogen) atoms. The highest BCUT2D eigenvalue weighted by molar-refractivity contribution is 5.80. The van der Waals surface area contributed by atoms with Gasteiger partial charge in [0.2, 0.25) is 5.91 Å². The predicted molar refractivity (Wildman–Crippen MR) is 67.8 cm³/mol. The zero-order valence-electron chi connectivity index (χ0n) is 11.0. The SMILES string of the molecule is CN(CCOCCO)C(=O)C1C2CCC(C2)C1N. The number of ether oxygens (including phenoxy) is 1. The third-order valence-electron chi connectivity index (χ3n) is 4.45. The lowest BCUT2D eigenvalue weighted by Crippen LogP contribution is -2.46. The number of carbonyl (C=O) groups is 1. The number of carbonyl (C=O) groups excluding carboxylic acids is 1. The van der Waals surface area contributed by atoms with Crippen LogP contribution in [-0.4, -0.2) is 55.4 Å². The third-order valence-corrected chi connectivity index (χ3v) is 4.45. The summed E-state index contributed by atoms with van der Waals surface area (Å²) in [7, 11) is 1.81. The smallest absolute Gasteiger partial charge is 0.227 e. The first-order valence-electron chi connectivity index (χ1n) is 6.84. The molecule has 104 valence electrons. The van der Waals surface area contributed by atoms with Crippen LogP contribution in [0.3, 0.4) is 0 Å². The molecule has 5 heteroatoms. The summed E-state index contributed by atoms with van der Waals surface area (Å²) in [5.74, 6) is 1.25. The highest BCUT2D eigenvalue weighted by Gasteiger charge is 2.49. The first-order chi connectivity index (χ1) is 8.65. The van der Waals surface area contributed by atoms with Crippen LogP contribution in [0.2, 0.25) is 0 Å². The topological polar surface area (TPSA) is 75.8 Å². The Hall–Kier alpha value is -0.650. The molecule has 0 radical (unpaired) electrons. The van der Waals surface area contributed by atoms with Crippen molar-refractivity contribution in [1.82, 2.24) is 4.90 Å². The lowest BCUT2D eigenvalue weighted by atomic mass is 9.84. The van der Waals surface area contributed by atoms with Gasteiger partial charge in [-0.2, -0.15) is 0 Å². The molecular weight excluding hydrogens is 232 g/mol. The fourth-order valence-corrected chi connectivity index (χ4v) is 3.43. The van der Waals surface area contributed by atoms with Crippen molar-refractivity contribution in [3.63, 3.8) is 0 Å². The number of rotatable bonds is 6. The van der Waals surface area contributed by atoms with Gasteiger partial charge in [-0.3, -0.25) is 4.79 Å². The Morgan fingerprint density at radius 2 is 2.11 bits per heavy atom. The molecule has 2 rings (SSSR count). The van der Waals surface area contributed by atoms with Crippen LogP contribution in [0.25, 0.3) is 0 Å². The molecule has 4 unspecified atom stereocenters. The Morgan fingerprint density at radius 3 is 2.72 bits per heavy atom. The molecule has 0 heterocycles. The Labute approximate surface area is 108 Å². The van der Waals surface area contributed by atoms with Crippen LogP contribution < -0.4 is 5.73 Å². The van der Waals surface area contributed by atoms with Gasteiger partial charge in [0.1, 0.15) is 0 Å².